The molecule has 0 saturated carbocycles. The third kappa shape index (κ3) is 2.39. The van der Waals surface area contributed by atoms with Gasteiger partial charge in [-0.25, -0.2) is 0 Å². The molecule has 0 spiro atoms. The molecule has 1 N–H and O–H groups in total. The minimum atomic E-state index is 0.0758. The van der Waals surface area contributed by atoms with Crippen molar-refractivity contribution >= 4 is 17.5 Å². The molecule has 0 bridgehead atoms. The summed E-state index contributed by atoms with van der Waals surface area (Å²) < 4.78 is 10.2. The van der Waals surface area contributed by atoms with Crippen LogP contribution in [-0.4, -0.2) is 19.6 Å². The van der Waals surface area contributed by atoms with Crippen LogP contribution in [-0.2, 0) is 4.74 Å². The monoisotopic (exact) mass is 213 g/mol. The van der Waals surface area contributed by atoms with E-state index < -0.39 is 0 Å². The summed E-state index contributed by atoms with van der Waals surface area (Å²) in [6, 6.07) is 5.08. The van der Waals surface area contributed by atoms with Gasteiger partial charge in [-0.05, 0) is 25.1 Å². The zero-order valence-corrected chi connectivity index (χ0v) is 8.89. The standard InChI is InChI=1S/C10H12ClNO2/c1-3-14-10(12)8-6-7(11)4-5-9(8)13-2/h4-6,12H,3H2,1-2H3. The van der Waals surface area contributed by atoms with Gasteiger partial charge < -0.3 is 9.47 Å². The first-order chi connectivity index (χ1) is 6.69. The van der Waals surface area contributed by atoms with Crippen LogP contribution in [0.2, 0.25) is 5.02 Å². The lowest BCUT2D eigenvalue weighted by molar-refractivity contribution is 0.323. The van der Waals surface area contributed by atoms with Crippen molar-refractivity contribution in [2.24, 2.45) is 0 Å². The molecule has 14 heavy (non-hydrogen) atoms. The molecule has 0 unspecified atom stereocenters. The summed E-state index contributed by atoms with van der Waals surface area (Å²) in [6.45, 7) is 2.28. The zero-order valence-electron chi connectivity index (χ0n) is 8.13. The minimum absolute atomic E-state index is 0.0758. The number of hydrogen-bond donors (Lipinski definition) is 1. The summed E-state index contributed by atoms with van der Waals surface area (Å²) in [6.07, 6.45) is 0. The number of nitrogens with one attached hydrogen (secondary N) is 1. The van der Waals surface area contributed by atoms with Gasteiger partial charge in [0.25, 0.3) is 0 Å². The van der Waals surface area contributed by atoms with Crippen molar-refractivity contribution in [3.63, 3.8) is 0 Å². The molecule has 0 fully saturated rings. The second kappa shape index (κ2) is 4.86. The van der Waals surface area contributed by atoms with E-state index in [9.17, 15) is 0 Å². The van der Waals surface area contributed by atoms with Gasteiger partial charge in [0.2, 0.25) is 5.90 Å². The number of methoxy groups -OCH3 is 1. The third-order valence-electron chi connectivity index (χ3n) is 1.69. The largest absolute Gasteiger partial charge is 0.496 e. The fourth-order valence-electron chi connectivity index (χ4n) is 1.08. The van der Waals surface area contributed by atoms with Crippen LogP contribution in [0, 0.1) is 5.41 Å². The van der Waals surface area contributed by atoms with E-state index in [1.54, 1.807) is 25.3 Å². The topological polar surface area (TPSA) is 42.3 Å². The Bertz CT molecular complexity index is 339. The second-order valence-corrected chi connectivity index (χ2v) is 3.04. The molecule has 1 aromatic rings. The summed E-state index contributed by atoms with van der Waals surface area (Å²) in [5, 5.41) is 8.17. The first kappa shape index (κ1) is 10.9. The van der Waals surface area contributed by atoms with Gasteiger partial charge in [-0.2, -0.15) is 0 Å². The van der Waals surface area contributed by atoms with Gasteiger partial charge in [0, 0.05) is 5.02 Å². The van der Waals surface area contributed by atoms with Crippen molar-refractivity contribution in [2.75, 3.05) is 13.7 Å². The molecular weight excluding hydrogens is 202 g/mol. The molecule has 3 nitrogen and oxygen atoms in total. The lowest BCUT2D eigenvalue weighted by Crippen LogP contribution is -2.06. The van der Waals surface area contributed by atoms with Gasteiger partial charge in [0.15, 0.2) is 0 Å². The summed E-state index contributed by atoms with van der Waals surface area (Å²) in [5.74, 6) is 0.666. The van der Waals surface area contributed by atoms with E-state index in [0.717, 1.165) is 0 Å². The number of halogens is 1. The molecule has 76 valence electrons. The molecule has 0 radical (unpaired) electrons. The van der Waals surface area contributed by atoms with Crippen molar-refractivity contribution < 1.29 is 9.47 Å². The summed E-state index contributed by atoms with van der Waals surface area (Å²) >= 11 is 5.81. The quantitative estimate of drug-likeness (QED) is 0.620. The van der Waals surface area contributed by atoms with Crippen LogP contribution in [0.4, 0.5) is 0 Å². The van der Waals surface area contributed by atoms with Crippen molar-refractivity contribution in [3.05, 3.63) is 28.8 Å². The maximum Gasteiger partial charge on any atom is 0.217 e. The Labute approximate surface area is 88.1 Å². The Morgan fingerprint density at radius 2 is 2.21 bits per heavy atom. The molecule has 4 heteroatoms. The number of rotatable bonds is 3. The molecular formula is C10H12ClNO2. The highest BCUT2D eigenvalue weighted by Gasteiger charge is 2.09. The minimum Gasteiger partial charge on any atom is -0.496 e. The summed E-state index contributed by atoms with van der Waals surface area (Å²) in [7, 11) is 1.55. The Hall–Kier alpha value is -1.22. The van der Waals surface area contributed by atoms with Crippen LogP contribution in [0.1, 0.15) is 12.5 Å². The van der Waals surface area contributed by atoms with Crippen molar-refractivity contribution in [1.29, 1.82) is 5.41 Å². The van der Waals surface area contributed by atoms with Crippen LogP contribution in [0.15, 0.2) is 18.2 Å². The van der Waals surface area contributed by atoms with E-state index in [-0.39, 0.29) is 5.90 Å². The summed E-state index contributed by atoms with van der Waals surface area (Å²) in [5.41, 5.74) is 0.571. The number of hydrogen-bond acceptors (Lipinski definition) is 3. The highest BCUT2D eigenvalue weighted by molar-refractivity contribution is 6.31. The van der Waals surface area contributed by atoms with E-state index in [2.05, 4.69) is 0 Å². The predicted octanol–water partition coefficient (Wildman–Crippen LogP) is 2.71. The highest BCUT2D eigenvalue weighted by Crippen LogP contribution is 2.23. The van der Waals surface area contributed by atoms with Crippen molar-refractivity contribution in [2.45, 2.75) is 6.92 Å². The maximum atomic E-state index is 7.61. The SMILES string of the molecule is CCOC(=N)c1cc(Cl)ccc1OC. The first-order valence-corrected chi connectivity index (χ1v) is 4.62. The van der Waals surface area contributed by atoms with Gasteiger partial charge in [-0.1, -0.05) is 11.6 Å². The van der Waals surface area contributed by atoms with E-state index in [0.29, 0.717) is 22.9 Å². The van der Waals surface area contributed by atoms with E-state index in [1.165, 1.54) is 0 Å². The van der Waals surface area contributed by atoms with Crippen LogP contribution in [0.25, 0.3) is 0 Å². The smallest absolute Gasteiger partial charge is 0.217 e. The van der Waals surface area contributed by atoms with Crippen LogP contribution >= 0.6 is 11.6 Å². The lowest BCUT2D eigenvalue weighted by atomic mass is 10.2. The van der Waals surface area contributed by atoms with Crippen LogP contribution in [0.5, 0.6) is 5.75 Å². The maximum absolute atomic E-state index is 7.61. The van der Waals surface area contributed by atoms with E-state index in [1.807, 2.05) is 6.92 Å². The molecule has 0 aliphatic rings. The molecule has 1 aromatic carbocycles. The fraction of sp³-hybridized carbons (Fsp3) is 0.300. The molecule has 0 heterocycles. The molecule has 0 aliphatic heterocycles. The molecule has 1 rings (SSSR count). The van der Waals surface area contributed by atoms with Gasteiger partial charge in [0.1, 0.15) is 5.75 Å². The summed E-state index contributed by atoms with van der Waals surface area (Å²) in [4.78, 5) is 0. The van der Waals surface area contributed by atoms with Crippen LogP contribution < -0.4 is 4.74 Å². The molecule has 0 saturated heterocycles. The molecule has 0 amide bonds. The van der Waals surface area contributed by atoms with Crippen molar-refractivity contribution in [1.82, 2.24) is 0 Å². The van der Waals surface area contributed by atoms with Crippen molar-refractivity contribution in [3.8, 4) is 5.75 Å². The Morgan fingerprint density at radius 1 is 1.50 bits per heavy atom. The third-order valence-corrected chi connectivity index (χ3v) is 1.93. The zero-order chi connectivity index (χ0) is 10.6. The van der Waals surface area contributed by atoms with Gasteiger partial charge >= 0.3 is 0 Å². The molecule has 0 atom stereocenters. The predicted molar refractivity (Wildman–Crippen MR) is 56.5 cm³/mol. The van der Waals surface area contributed by atoms with Gasteiger partial charge in [-0.3, -0.25) is 5.41 Å². The van der Waals surface area contributed by atoms with E-state index >= 15 is 0 Å². The van der Waals surface area contributed by atoms with E-state index in [4.69, 9.17) is 26.5 Å². The average Bonchev–Trinajstić information content (AvgIpc) is 2.18. The second-order valence-electron chi connectivity index (χ2n) is 2.61. The van der Waals surface area contributed by atoms with Crippen LogP contribution in [0.3, 0.4) is 0 Å². The number of benzene rings is 1. The fourth-order valence-corrected chi connectivity index (χ4v) is 1.25. The average molecular weight is 214 g/mol. The first-order valence-electron chi connectivity index (χ1n) is 4.24. The Morgan fingerprint density at radius 3 is 2.79 bits per heavy atom. The van der Waals surface area contributed by atoms with Gasteiger partial charge in [0.05, 0.1) is 19.3 Å². The Balaban J connectivity index is 3.03. The number of ether oxygens (including phenoxy) is 2. The molecule has 0 aliphatic carbocycles. The van der Waals surface area contributed by atoms with Gasteiger partial charge in [-0.15, -0.1) is 0 Å². The normalized spacial score (nSPS) is 9.64. The Kier molecular flexibility index (Phi) is 3.77. The highest BCUT2D eigenvalue weighted by atomic mass is 35.5. The lowest BCUT2D eigenvalue weighted by Gasteiger charge is -2.09. The molecule has 0 aromatic heterocycles.